The van der Waals surface area contributed by atoms with Crippen LogP contribution in [0.1, 0.15) is 33.1 Å². The SMILES string of the molecule is CCCC(=N)N(CC)CCCN(C)C. The highest BCUT2D eigenvalue weighted by atomic mass is 15.2. The first-order valence-corrected chi connectivity index (χ1v) is 5.58. The van der Waals surface area contributed by atoms with Gasteiger partial charge in [-0.25, -0.2) is 0 Å². The van der Waals surface area contributed by atoms with Crippen molar-refractivity contribution in [1.82, 2.24) is 9.80 Å². The number of nitrogens with one attached hydrogen (secondary N) is 1. The summed E-state index contributed by atoms with van der Waals surface area (Å²) in [5, 5.41) is 7.84. The van der Waals surface area contributed by atoms with Crippen LogP contribution in [0.2, 0.25) is 0 Å². The molecule has 0 fully saturated rings. The molecular weight excluding hydrogens is 174 g/mol. The molecule has 0 spiro atoms. The maximum absolute atomic E-state index is 7.84. The molecular formula is C11H25N3. The first-order chi connectivity index (χ1) is 6.61. The third kappa shape index (κ3) is 5.97. The van der Waals surface area contributed by atoms with Gasteiger partial charge >= 0.3 is 0 Å². The Labute approximate surface area is 88.6 Å². The summed E-state index contributed by atoms with van der Waals surface area (Å²) in [7, 11) is 4.18. The maximum atomic E-state index is 7.84. The lowest BCUT2D eigenvalue weighted by atomic mass is 10.2. The lowest BCUT2D eigenvalue weighted by Crippen LogP contribution is -2.32. The number of hydrogen-bond acceptors (Lipinski definition) is 2. The highest BCUT2D eigenvalue weighted by molar-refractivity contribution is 5.78. The second-order valence-electron chi connectivity index (χ2n) is 3.93. The van der Waals surface area contributed by atoms with Crippen molar-refractivity contribution in [3.8, 4) is 0 Å². The Hall–Kier alpha value is -0.570. The van der Waals surface area contributed by atoms with E-state index in [1.54, 1.807) is 0 Å². The smallest absolute Gasteiger partial charge is 0.0957 e. The first kappa shape index (κ1) is 13.4. The largest absolute Gasteiger partial charge is 0.361 e. The van der Waals surface area contributed by atoms with Crippen LogP contribution in [0.3, 0.4) is 0 Å². The summed E-state index contributed by atoms with van der Waals surface area (Å²) >= 11 is 0. The lowest BCUT2D eigenvalue weighted by molar-refractivity contribution is 0.350. The summed E-state index contributed by atoms with van der Waals surface area (Å²) in [4.78, 5) is 4.37. The molecule has 0 aromatic heterocycles. The van der Waals surface area contributed by atoms with Crippen molar-refractivity contribution in [3.63, 3.8) is 0 Å². The van der Waals surface area contributed by atoms with E-state index < -0.39 is 0 Å². The van der Waals surface area contributed by atoms with Crippen molar-refractivity contribution in [3.05, 3.63) is 0 Å². The van der Waals surface area contributed by atoms with Gasteiger partial charge in [-0.2, -0.15) is 0 Å². The zero-order valence-corrected chi connectivity index (χ0v) is 10.1. The first-order valence-electron chi connectivity index (χ1n) is 5.58. The van der Waals surface area contributed by atoms with Crippen LogP contribution in [0.5, 0.6) is 0 Å². The highest BCUT2D eigenvalue weighted by Gasteiger charge is 2.05. The van der Waals surface area contributed by atoms with E-state index in [4.69, 9.17) is 5.41 Å². The molecule has 0 aliphatic rings. The molecule has 1 N–H and O–H groups in total. The Morgan fingerprint density at radius 2 is 1.79 bits per heavy atom. The van der Waals surface area contributed by atoms with Crippen molar-refractivity contribution < 1.29 is 0 Å². The Bertz CT molecular complexity index is 155. The van der Waals surface area contributed by atoms with Gasteiger partial charge in [0.1, 0.15) is 0 Å². The quantitative estimate of drug-likeness (QED) is 0.502. The Balaban J connectivity index is 3.73. The summed E-state index contributed by atoms with van der Waals surface area (Å²) in [6, 6.07) is 0. The van der Waals surface area contributed by atoms with Gasteiger partial charge in [-0.1, -0.05) is 6.92 Å². The normalized spacial score (nSPS) is 10.6. The van der Waals surface area contributed by atoms with E-state index in [2.05, 4.69) is 37.7 Å². The Morgan fingerprint density at radius 1 is 1.14 bits per heavy atom. The van der Waals surface area contributed by atoms with Gasteiger partial charge in [0.05, 0.1) is 5.84 Å². The molecule has 0 heterocycles. The Kier molecular flexibility index (Phi) is 7.48. The van der Waals surface area contributed by atoms with E-state index in [0.29, 0.717) is 0 Å². The van der Waals surface area contributed by atoms with Gasteiger partial charge in [0.2, 0.25) is 0 Å². The number of amidine groups is 1. The predicted octanol–water partition coefficient (Wildman–Crippen LogP) is 2.04. The molecule has 0 unspecified atom stereocenters. The van der Waals surface area contributed by atoms with E-state index in [9.17, 15) is 0 Å². The van der Waals surface area contributed by atoms with Crippen LogP contribution in [0.4, 0.5) is 0 Å². The molecule has 0 saturated carbocycles. The molecule has 0 atom stereocenters. The van der Waals surface area contributed by atoms with Gasteiger partial charge < -0.3 is 9.80 Å². The number of nitrogens with zero attached hydrogens (tertiary/aromatic N) is 2. The highest BCUT2D eigenvalue weighted by Crippen LogP contribution is 1.99. The van der Waals surface area contributed by atoms with Crippen molar-refractivity contribution in [2.24, 2.45) is 0 Å². The minimum atomic E-state index is 0.800. The van der Waals surface area contributed by atoms with Crippen molar-refractivity contribution in [1.29, 1.82) is 5.41 Å². The van der Waals surface area contributed by atoms with Crippen LogP contribution in [0.15, 0.2) is 0 Å². The van der Waals surface area contributed by atoms with Crippen molar-refractivity contribution in [2.45, 2.75) is 33.1 Å². The molecule has 0 aliphatic heterocycles. The third-order valence-electron chi connectivity index (χ3n) is 2.28. The standard InChI is InChI=1S/C11H25N3/c1-5-8-11(12)14(6-2)10-7-9-13(3)4/h12H,5-10H2,1-4H3. The van der Waals surface area contributed by atoms with Crippen LogP contribution >= 0.6 is 0 Å². The minimum absolute atomic E-state index is 0.800. The van der Waals surface area contributed by atoms with Gasteiger partial charge in [0.15, 0.2) is 0 Å². The summed E-state index contributed by atoms with van der Waals surface area (Å²) in [5.74, 6) is 0.800. The van der Waals surface area contributed by atoms with Gasteiger partial charge in [-0.3, -0.25) is 5.41 Å². The van der Waals surface area contributed by atoms with Crippen LogP contribution in [-0.4, -0.2) is 49.4 Å². The Morgan fingerprint density at radius 3 is 2.21 bits per heavy atom. The summed E-state index contributed by atoms with van der Waals surface area (Å²) < 4.78 is 0. The third-order valence-corrected chi connectivity index (χ3v) is 2.28. The molecule has 3 heteroatoms. The molecule has 0 aromatic carbocycles. The fraction of sp³-hybridized carbons (Fsp3) is 0.909. The molecule has 0 bridgehead atoms. The van der Waals surface area contributed by atoms with Crippen LogP contribution in [-0.2, 0) is 0 Å². The monoisotopic (exact) mass is 199 g/mol. The minimum Gasteiger partial charge on any atom is -0.361 e. The molecule has 84 valence electrons. The fourth-order valence-corrected chi connectivity index (χ4v) is 1.46. The van der Waals surface area contributed by atoms with E-state index >= 15 is 0 Å². The van der Waals surface area contributed by atoms with Gasteiger partial charge in [0, 0.05) is 19.5 Å². The number of hydrogen-bond donors (Lipinski definition) is 1. The molecule has 0 radical (unpaired) electrons. The molecule has 14 heavy (non-hydrogen) atoms. The van der Waals surface area contributed by atoms with E-state index in [0.717, 1.165) is 44.7 Å². The van der Waals surface area contributed by atoms with Crippen LogP contribution < -0.4 is 0 Å². The van der Waals surface area contributed by atoms with Gasteiger partial charge in [-0.05, 0) is 40.4 Å². The zero-order valence-electron chi connectivity index (χ0n) is 10.1. The second-order valence-corrected chi connectivity index (χ2v) is 3.93. The average molecular weight is 199 g/mol. The molecule has 0 aromatic rings. The second kappa shape index (κ2) is 7.80. The van der Waals surface area contributed by atoms with Crippen molar-refractivity contribution in [2.75, 3.05) is 33.7 Å². The van der Waals surface area contributed by atoms with Gasteiger partial charge in [-0.15, -0.1) is 0 Å². The zero-order chi connectivity index (χ0) is 11.0. The lowest BCUT2D eigenvalue weighted by Gasteiger charge is -2.24. The summed E-state index contributed by atoms with van der Waals surface area (Å²) in [6.07, 6.45) is 3.13. The molecule has 0 amide bonds. The van der Waals surface area contributed by atoms with E-state index in [1.807, 2.05) is 0 Å². The topological polar surface area (TPSA) is 30.3 Å². The predicted molar refractivity (Wildman–Crippen MR) is 63.1 cm³/mol. The van der Waals surface area contributed by atoms with Crippen molar-refractivity contribution >= 4 is 5.84 Å². The molecule has 0 saturated heterocycles. The fourth-order valence-electron chi connectivity index (χ4n) is 1.46. The number of rotatable bonds is 7. The van der Waals surface area contributed by atoms with E-state index in [1.165, 1.54) is 0 Å². The summed E-state index contributed by atoms with van der Waals surface area (Å²) in [6.45, 7) is 7.34. The summed E-state index contributed by atoms with van der Waals surface area (Å²) in [5.41, 5.74) is 0. The molecule has 0 aliphatic carbocycles. The van der Waals surface area contributed by atoms with Crippen LogP contribution in [0, 0.1) is 5.41 Å². The van der Waals surface area contributed by atoms with Gasteiger partial charge in [0.25, 0.3) is 0 Å². The van der Waals surface area contributed by atoms with Crippen LogP contribution in [0.25, 0.3) is 0 Å². The maximum Gasteiger partial charge on any atom is 0.0957 e. The average Bonchev–Trinajstić information content (AvgIpc) is 2.12. The van der Waals surface area contributed by atoms with E-state index in [-0.39, 0.29) is 0 Å². The molecule has 3 nitrogen and oxygen atoms in total. The molecule has 0 rings (SSSR count).